The molecule has 0 radical (unpaired) electrons. The fourth-order valence-electron chi connectivity index (χ4n) is 2.70. The lowest BCUT2D eigenvalue weighted by Crippen LogP contribution is -2.43. The normalized spacial score (nSPS) is 21.6. The monoisotopic (exact) mass is 306 g/mol. The van der Waals surface area contributed by atoms with Crippen LogP contribution in [-0.4, -0.2) is 29.4 Å². The number of amides is 2. The molecule has 2 atom stereocenters. The van der Waals surface area contributed by atoms with Crippen LogP contribution in [0.1, 0.15) is 43.0 Å². The second-order valence-electron chi connectivity index (χ2n) is 5.40. The summed E-state index contributed by atoms with van der Waals surface area (Å²) >= 11 is 1.84. The highest BCUT2D eigenvalue weighted by Crippen LogP contribution is 2.27. The van der Waals surface area contributed by atoms with Crippen LogP contribution in [0.25, 0.3) is 0 Å². The molecule has 2 amide bonds. The van der Waals surface area contributed by atoms with E-state index in [-0.39, 0.29) is 17.9 Å². The first-order valence-corrected chi connectivity index (χ1v) is 8.60. The Balaban J connectivity index is 1.97. The number of anilines is 1. The molecular formula is C16H22N2O2S. The topological polar surface area (TPSA) is 58.2 Å². The molecule has 0 aromatic heterocycles. The molecular weight excluding hydrogens is 284 g/mol. The van der Waals surface area contributed by atoms with Crippen LogP contribution in [0.3, 0.4) is 0 Å². The second kappa shape index (κ2) is 7.50. The van der Waals surface area contributed by atoms with Gasteiger partial charge in [-0.1, -0.05) is 12.8 Å². The Morgan fingerprint density at radius 2 is 1.81 bits per heavy atom. The lowest BCUT2D eigenvalue weighted by Gasteiger charge is -2.30. The van der Waals surface area contributed by atoms with Crippen LogP contribution in [0.4, 0.5) is 5.69 Å². The van der Waals surface area contributed by atoms with Crippen molar-refractivity contribution in [3.8, 4) is 0 Å². The molecule has 0 saturated heterocycles. The predicted octanol–water partition coefficient (Wildman–Crippen LogP) is 3.05. The molecule has 4 nitrogen and oxygen atoms in total. The van der Waals surface area contributed by atoms with Gasteiger partial charge >= 0.3 is 0 Å². The first-order chi connectivity index (χ1) is 10.1. The number of rotatable bonds is 4. The summed E-state index contributed by atoms with van der Waals surface area (Å²) in [5.41, 5.74) is 1.34. The number of nitrogens with one attached hydrogen (secondary N) is 2. The summed E-state index contributed by atoms with van der Waals surface area (Å²) in [6, 6.07) is 7.26. The molecule has 1 saturated carbocycles. The van der Waals surface area contributed by atoms with Gasteiger partial charge in [0.15, 0.2) is 0 Å². The van der Waals surface area contributed by atoms with Gasteiger partial charge in [0.05, 0.1) is 0 Å². The zero-order chi connectivity index (χ0) is 15.2. The maximum atomic E-state index is 12.3. The summed E-state index contributed by atoms with van der Waals surface area (Å²) in [6.07, 6.45) is 6.78. The molecule has 2 unspecified atom stereocenters. The van der Waals surface area contributed by atoms with Gasteiger partial charge in [0.1, 0.15) is 0 Å². The fraction of sp³-hybridized carbons (Fsp3) is 0.500. The van der Waals surface area contributed by atoms with E-state index >= 15 is 0 Å². The number of carbonyl (C=O) groups is 2. The minimum Gasteiger partial charge on any atom is -0.348 e. The SMILES string of the molecule is CSC1CCCCC1NC(=O)c1ccc(NC(C)=O)cc1. The third kappa shape index (κ3) is 4.49. The van der Waals surface area contributed by atoms with Crippen molar-refractivity contribution in [3.05, 3.63) is 29.8 Å². The first-order valence-electron chi connectivity index (χ1n) is 7.31. The molecule has 21 heavy (non-hydrogen) atoms. The number of benzene rings is 1. The quantitative estimate of drug-likeness (QED) is 0.899. The molecule has 0 aliphatic heterocycles. The summed E-state index contributed by atoms with van der Waals surface area (Å²) in [4.78, 5) is 23.3. The molecule has 5 heteroatoms. The van der Waals surface area contributed by atoms with E-state index in [2.05, 4.69) is 16.9 Å². The number of carbonyl (C=O) groups excluding carboxylic acids is 2. The Labute approximate surface area is 130 Å². The van der Waals surface area contributed by atoms with Crippen LogP contribution in [0.5, 0.6) is 0 Å². The molecule has 1 aromatic carbocycles. The highest BCUT2D eigenvalue weighted by Gasteiger charge is 2.25. The van der Waals surface area contributed by atoms with Crippen molar-refractivity contribution in [2.75, 3.05) is 11.6 Å². The Hall–Kier alpha value is -1.49. The van der Waals surface area contributed by atoms with Crippen LogP contribution in [-0.2, 0) is 4.79 Å². The van der Waals surface area contributed by atoms with Gasteiger partial charge in [-0.2, -0.15) is 11.8 Å². The highest BCUT2D eigenvalue weighted by atomic mass is 32.2. The Morgan fingerprint density at radius 1 is 1.14 bits per heavy atom. The summed E-state index contributed by atoms with van der Waals surface area (Å²) in [7, 11) is 0. The summed E-state index contributed by atoms with van der Waals surface area (Å²) in [5.74, 6) is -0.146. The third-order valence-electron chi connectivity index (χ3n) is 3.79. The molecule has 2 N–H and O–H groups in total. The van der Waals surface area contributed by atoms with Crippen molar-refractivity contribution in [1.29, 1.82) is 0 Å². The molecule has 0 spiro atoms. The molecule has 1 aromatic rings. The van der Waals surface area contributed by atoms with Crippen molar-refractivity contribution in [2.45, 2.75) is 43.9 Å². The summed E-state index contributed by atoms with van der Waals surface area (Å²) < 4.78 is 0. The van der Waals surface area contributed by atoms with E-state index in [1.807, 2.05) is 11.8 Å². The van der Waals surface area contributed by atoms with Gasteiger partial charge in [-0.3, -0.25) is 9.59 Å². The van der Waals surface area contributed by atoms with E-state index in [9.17, 15) is 9.59 Å². The molecule has 1 aliphatic rings. The van der Waals surface area contributed by atoms with Crippen LogP contribution >= 0.6 is 11.8 Å². The fourth-order valence-corrected chi connectivity index (χ4v) is 3.64. The minimum absolute atomic E-state index is 0.0321. The first kappa shape index (κ1) is 15.9. The van der Waals surface area contributed by atoms with Crippen LogP contribution < -0.4 is 10.6 Å². The van der Waals surface area contributed by atoms with Crippen molar-refractivity contribution >= 4 is 29.3 Å². The van der Waals surface area contributed by atoms with Crippen molar-refractivity contribution < 1.29 is 9.59 Å². The predicted molar refractivity (Wildman–Crippen MR) is 87.8 cm³/mol. The van der Waals surface area contributed by atoms with E-state index in [1.165, 1.54) is 26.2 Å². The zero-order valence-corrected chi connectivity index (χ0v) is 13.3. The summed E-state index contributed by atoms with van der Waals surface area (Å²) in [5, 5.41) is 6.36. The van der Waals surface area contributed by atoms with Gasteiger partial charge in [-0.05, 0) is 43.4 Å². The zero-order valence-electron chi connectivity index (χ0n) is 12.5. The largest absolute Gasteiger partial charge is 0.348 e. The number of hydrogen-bond donors (Lipinski definition) is 2. The number of thioether (sulfide) groups is 1. The van der Waals surface area contributed by atoms with Gasteiger partial charge in [-0.25, -0.2) is 0 Å². The lowest BCUT2D eigenvalue weighted by molar-refractivity contribution is -0.114. The molecule has 0 heterocycles. The van der Waals surface area contributed by atoms with Crippen LogP contribution in [0, 0.1) is 0 Å². The average Bonchev–Trinajstić information content (AvgIpc) is 2.48. The van der Waals surface area contributed by atoms with E-state index in [1.54, 1.807) is 24.3 Å². The maximum Gasteiger partial charge on any atom is 0.251 e. The van der Waals surface area contributed by atoms with Crippen molar-refractivity contribution in [1.82, 2.24) is 5.32 Å². The Morgan fingerprint density at radius 3 is 2.43 bits per heavy atom. The van der Waals surface area contributed by atoms with Crippen LogP contribution in [0.2, 0.25) is 0 Å². The second-order valence-corrected chi connectivity index (χ2v) is 6.47. The van der Waals surface area contributed by atoms with Crippen LogP contribution in [0.15, 0.2) is 24.3 Å². The Bertz CT molecular complexity index is 502. The van der Waals surface area contributed by atoms with Gasteiger partial charge in [-0.15, -0.1) is 0 Å². The maximum absolute atomic E-state index is 12.3. The van der Waals surface area contributed by atoms with Gasteiger partial charge < -0.3 is 10.6 Å². The third-order valence-corrected chi connectivity index (χ3v) is 4.96. The molecule has 0 bridgehead atoms. The van der Waals surface area contributed by atoms with Crippen molar-refractivity contribution in [2.24, 2.45) is 0 Å². The number of hydrogen-bond acceptors (Lipinski definition) is 3. The van der Waals surface area contributed by atoms with E-state index in [0.29, 0.717) is 16.5 Å². The standard InChI is InChI=1S/C16H22N2O2S/c1-11(19)17-13-9-7-12(8-10-13)16(20)18-14-5-3-4-6-15(14)21-2/h7-10,14-15H,3-6H2,1-2H3,(H,17,19)(H,18,20). The van der Waals surface area contributed by atoms with Gasteiger partial charge in [0, 0.05) is 29.5 Å². The molecule has 1 aliphatic carbocycles. The van der Waals surface area contributed by atoms with Crippen molar-refractivity contribution in [3.63, 3.8) is 0 Å². The summed E-state index contributed by atoms with van der Waals surface area (Å²) in [6.45, 7) is 1.46. The molecule has 1 fully saturated rings. The van der Waals surface area contributed by atoms with E-state index in [4.69, 9.17) is 0 Å². The minimum atomic E-state index is -0.114. The molecule has 2 rings (SSSR count). The van der Waals surface area contributed by atoms with E-state index in [0.717, 1.165) is 6.42 Å². The van der Waals surface area contributed by atoms with Gasteiger partial charge in [0.2, 0.25) is 5.91 Å². The highest BCUT2D eigenvalue weighted by molar-refractivity contribution is 7.99. The lowest BCUT2D eigenvalue weighted by atomic mass is 9.94. The smallest absolute Gasteiger partial charge is 0.251 e. The molecule has 114 valence electrons. The average molecular weight is 306 g/mol. The van der Waals surface area contributed by atoms with E-state index < -0.39 is 0 Å². The Kier molecular flexibility index (Phi) is 5.67. The van der Waals surface area contributed by atoms with Gasteiger partial charge in [0.25, 0.3) is 5.91 Å².